The van der Waals surface area contributed by atoms with Crippen LogP contribution in [0, 0.1) is 6.92 Å². The van der Waals surface area contributed by atoms with Crippen molar-refractivity contribution in [3.05, 3.63) is 51.4 Å². The van der Waals surface area contributed by atoms with E-state index in [9.17, 15) is 18.4 Å². The van der Waals surface area contributed by atoms with E-state index in [1.807, 2.05) is 12.1 Å². The minimum Gasteiger partial charge on any atom is -0.462 e. The van der Waals surface area contributed by atoms with Gasteiger partial charge in [0.2, 0.25) is 5.92 Å². The van der Waals surface area contributed by atoms with Crippen LogP contribution >= 0.6 is 23.4 Å². The van der Waals surface area contributed by atoms with E-state index < -0.39 is 17.5 Å². The number of carbonyl (C=O) groups is 1. The standard InChI is InChI=1S/C23H27ClF2O4S/c1-15(2)21(27)29-12-6-4-10-23(25,26)11-5-7-13-31-17-8-9-18-16(3)20(24)22(28)30-19(18)14-17/h8-9,14H,1,4-7,10-13H2,2-3H3. The van der Waals surface area contributed by atoms with Crippen LogP contribution in [-0.4, -0.2) is 24.3 Å². The van der Waals surface area contributed by atoms with Crippen LogP contribution in [-0.2, 0) is 9.53 Å². The van der Waals surface area contributed by atoms with Gasteiger partial charge in [-0.2, -0.15) is 0 Å². The first-order valence-corrected chi connectivity index (χ1v) is 11.5. The fourth-order valence-corrected chi connectivity index (χ4v) is 4.06. The molecule has 2 aromatic rings. The molecular weight excluding hydrogens is 446 g/mol. The number of aryl methyl sites for hydroxylation is 1. The minimum absolute atomic E-state index is 0.0849. The first-order chi connectivity index (χ1) is 14.6. The molecule has 0 spiro atoms. The van der Waals surface area contributed by atoms with Crippen LogP contribution in [0.15, 0.2) is 44.5 Å². The number of esters is 1. The molecule has 0 atom stereocenters. The number of thioether (sulfide) groups is 1. The molecule has 2 rings (SSSR count). The minimum atomic E-state index is -2.72. The first kappa shape index (κ1) is 25.4. The fourth-order valence-electron chi connectivity index (χ4n) is 2.98. The van der Waals surface area contributed by atoms with Crippen molar-refractivity contribution >= 4 is 40.3 Å². The highest BCUT2D eigenvalue weighted by Gasteiger charge is 2.27. The number of hydrogen-bond acceptors (Lipinski definition) is 5. The summed E-state index contributed by atoms with van der Waals surface area (Å²) in [6, 6.07) is 5.54. The molecule has 0 saturated heterocycles. The summed E-state index contributed by atoms with van der Waals surface area (Å²) < 4.78 is 38.1. The van der Waals surface area contributed by atoms with Crippen molar-refractivity contribution in [2.75, 3.05) is 12.4 Å². The summed E-state index contributed by atoms with van der Waals surface area (Å²) in [6.07, 6.45) is 1.41. The van der Waals surface area contributed by atoms with Crippen LogP contribution in [0.3, 0.4) is 0 Å². The molecule has 0 bridgehead atoms. The molecule has 170 valence electrons. The van der Waals surface area contributed by atoms with Gasteiger partial charge in [-0.15, -0.1) is 11.8 Å². The predicted molar refractivity (Wildman–Crippen MR) is 121 cm³/mol. The second kappa shape index (κ2) is 11.7. The van der Waals surface area contributed by atoms with Crippen LogP contribution in [0.1, 0.15) is 51.0 Å². The lowest BCUT2D eigenvalue weighted by Crippen LogP contribution is -2.16. The third-order valence-corrected chi connectivity index (χ3v) is 6.31. The average Bonchev–Trinajstić information content (AvgIpc) is 2.71. The summed E-state index contributed by atoms with van der Waals surface area (Å²) >= 11 is 7.46. The zero-order valence-corrected chi connectivity index (χ0v) is 19.3. The molecule has 0 aliphatic heterocycles. The van der Waals surface area contributed by atoms with Gasteiger partial charge in [-0.1, -0.05) is 18.2 Å². The van der Waals surface area contributed by atoms with Gasteiger partial charge in [0.15, 0.2) is 0 Å². The molecule has 0 aliphatic rings. The lowest BCUT2D eigenvalue weighted by Gasteiger charge is -2.16. The number of carbonyl (C=O) groups excluding carboxylic acids is 1. The third kappa shape index (κ3) is 7.96. The maximum absolute atomic E-state index is 14.0. The zero-order valence-electron chi connectivity index (χ0n) is 17.8. The smallest absolute Gasteiger partial charge is 0.355 e. The Morgan fingerprint density at radius 1 is 1.23 bits per heavy atom. The molecule has 0 amide bonds. The van der Waals surface area contributed by atoms with Gasteiger partial charge in [0, 0.05) is 28.7 Å². The molecule has 1 aromatic carbocycles. The van der Waals surface area contributed by atoms with Gasteiger partial charge in [-0.3, -0.25) is 0 Å². The van der Waals surface area contributed by atoms with E-state index in [0.717, 1.165) is 10.3 Å². The van der Waals surface area contributed by atoms with Crippen molar-refractivity contribution in [1.82, 2.24) is 0 Å². The molecule has 31 heavy (non-hydrogen) atoms. The molecule has 0 N–H and O–H groups in total. The Balaban J connectivity index is 1.69. The Labute approximate surface area is 190 Å². The molecule has 0 unspecified atom stereocenters. The fraction of sp³-hybridized carbons (Fsp3) is 0.478. The van der Waals surface area contributed by atoms with E-state index in [1.54, 1.807) is 19.9 Å². The van der Waals surface area contributed by atoms with Crippen LogP contribution in [0.4, 0.5) is 8.78 Å². The number of halogens is 3. The Bertz CT molecular complexity index is 987. The molecule has 0 fully saturated rings. The molecule has 1 heterocycles. The molecule has 0 saturated carbocycles. The van der Waals surface area contributed by atoms with Crippen molar-refractivity contribution in [2.24, 2.45) is 0 Å². The summed E-state index contributed by atoms with van der Waals surface area (Å²) in [5.74, 6) is -2.52. The van der Waals surface area contributed by atoms with Crippen LogP contribution < -0.4 is 5.63 Å². The monoisotopic (exact) mass is 472 g/mol. The molecule has 8 heteroatoms. The number of ether oxygens (including phenoxy) is 1. The predicted octanol–water partition coefficient (Wildman–Crippen LogP) is 6.94. The maximum Gasteiger partial charge on any atom is 0.355 e. The summed E-state index contributed by atoms with van der Waals surface area (Å²) in [4.78, 5) is 23.9. The van der Waals surface area contributed by atoms with Gasteiger partial charge in [-0.05, 0) is 69.0 Å². The van der Waals surface area contributed by atoms with Crippen molar-refractivity contribution < 1.29 is 22.7 Å². The summed E-state index contributed by atoms with van der Waals surface area (Å²) in [6.45, 7) is 6.91. The van der Waals surface area contributed by atoms with Gasteiger partial charge in [0.05, 0.1) is 6.61 Å². The quantitative estimate of drug-likeness (QED) is 0.110. The van der Waals surface area contributed by atoms with Gasteiger partial charge < -0.3 is 9.15 Å². The van der Waals surface area contributed by atoms with Crippen molar-refractivity contribution in [1.29, 1.82) is 0 Å². The van der Waals surface area contributed by atoms with Crippen molar-refractivity contribution in [2.45, 2.75) is 63.2 Å². The van der Waals surface area contributed by atoms with Gasteiger partial charge in [-0.25, -0.2) is 18.4 Å². The number of fused-ring (bicyclic) bond motifs is 1. The molecule has 0 aliphatic carbocycles. The van der Waals surface area contributed by atoms with Gasteiger partial charge in [0.25, 0.3) is 0 Å². The Morgan fingerprint density at radius 2 is 1.90 bits per heavy atom. The zero-order chi connectivity index (χ0) is 23.0. The lowest BCUT2D eigenvalue weighted by atomic mass is 10.1. The molecular formula is C23H27ClF2O4S. The molecule has 0 radical (unpaired) electrons. The lowest BCUT2D eigenvalue weighted by molar-refractivity contribution is -0.139. The van der Waals surface area contributed by atoms with Crippen molar-refractivity contribution in [3.8, 4) is 0 Å². The number of alkyl halides is 2. The summed E-state index contributed by atoms with van der Waals surface area (Å²) in [5, 5.41) is 0.865. The van der Waals surface area contributed by atoms with Gasteiger partial charge >= 0.3 is 11.6 Å². The number of unbranched alkanes of at least 4 members (excludes halogenated alkanes) is 2. The van der Waals surface area contributed by atoms with E-state index in [2.05, 4.69) is 6.58 Å². The van der Waals surface area contributed by atoms with Crippen molar-refractivity contribution in [3.63, 3.8) is 0 Å². The highest BCUT2D eigenvalue weighted by Crippen LogP contribution is 2.30. The second-order valence-corrected chi connectivity index (χ2v) is 9.07. The Hall–Kier alpha value is -1.86. The average molecular weight is 473 g/mol. The second-order valence-electron chi connectivity index (χ2n) is 7.52. The van der Waals surface area contributed by atoms with E-state index in [4.69, 9.17) is 20.8 Å². The topological polar surface area (TPSA) is 56.5 Å². The number of benzene rings is 1. The van der Waals surface area contributed by atoms with Crippen LogP contribution in [0.2, 0.25) is 5.02 Å². The first-order valence-electron chi connectivity index (χ1n) is 10.2. The summed E-state index contributed by atoms with van der Waals surface area (Å²) in [5.41, 5.74) is 0.888. The highest BCUT2D eigenvalue weighted by molar-refractivity contribution is 7.99. The van der Waals surface area contributed by atoms with E-state index in [1.165, 1.54) is 11.8 Å². The third-order valence-electron chi connectivity index (χ3n) is 4.79. The highest BCUT2D eigenvalue weighted by atomic mass is 35.5. The van der Waals surface area contributed by atoms with E-state index in [-0.39, 0.29) is 24.5 Å². The molecule has 4 nitrogen and oxygen atoms in total. The SMILES string of the molecule is C=C(C)C(=O)OCCCCC(F)(F)CCCCSc1ccc2c(C)c(Cl)c(=O)oc2c1. The Kier molecular flexibility index (Phi) is 9.56. The largest absolute Gasteiger partial charge is 0.462 e. The van der Waals surface area contributed by atoms with E-state index >= 15 is 0 Å². The van der Waals surface area contributed by atoms with E-state index in [0.29, 0.717) is 48.2 Å². The number of rotatable bonds is 12. The normalized spacial score (nSPS) is 11.6. The van der Waals surface area contributed by atoms with Crippen LogP contribution in [0.5, 0.6) is 0 Å². The number of hydrogen-bond donors (Lipinski definition) is 0. The van der Waals surface area contributed by atoms with Crippen LogP contribution in [0.25, 0.3) is 11.0 Å². The summed E-state index contributed by atoms with van der Waals surface area (Å²) in [7, 11) is 0. The maximum atomic E-state index is 14.0. The Morgan fingerprint density at radius 3 is 2.58 bits per heavy atom. The van der Waals surface area contributed by atoms with Gasteiger partial charge in [0.1, 0.15) is 10.6 Å². The molecule has 1 aromatic heterocycles.